The molecule has 1 aromatic heterocycles. The third kappa shape index (κ3) is 3.05. The highest BCUT2D eigenvalue weighted by atomic mass is 16.5. The van der Waals surface area contributed by atoms with E-state index in [1.807, 2.05) is 0 Å². The van der Waals surface area contributed by atoms with Crippen LogP contribution in [0.2, 0.25) is 0 Å². The fourth-order valence-corrected chi connectivity index (χ4v) is 1.54. The highest BCUT2D eigenvalue weighted by molar-refractivity contribution is 6.01. The molecule has 2 amide bonds. The summed E-state index contributed by atoms with van der Waals surface area (Å²) in [6.07, 6.45) is 2.94. The SMILES string of the molecule is COc1ccc(C(=O)O)cc1NC(=O)Nc1cn[nH]c1. The summed E-state index contributed by atoms with van der Waals surface area (Å²) in [5.74, 6) is -0.733. The lowest BCUT2D eigenvalue weighted by Crippen LogP contribution is -2.19. The number of nitrogens with one attached hydrogen (secondary N) is 3. The molecule has 20 heavy (non-hydrogen) atoms. The summed E-state index contributed by atoms with van der Waals surface area (Å²) >= 11 is 0. The second kappa shape index (κ2) is 5.74. The Bertz CT molecular complexity index is 624. The minimum atomic E-state index is -1.09. The van der Waals surface area contributed by atoms with Crippen LogP contribution in [0.5, 0.6) is 5.75 Å². The molecule has 0 aliphatic rings. The average Bonchev–Trinajstić information content (AvgIpc) is 2.91. The third-order valence-electron chi connectivity index (χ3n) is 2.45. The lowest BCUT2D eigenvalue weighted by molar-refractivity contribution is 0.0697. The van der Waals surface area contributed by atoms with Crippen molar-refractivity contribution in [2.24, 2.45) is 0 Å². The van der Waals surface area contributed by atoms with E-state index in [2.05, 4.69) is 20.8 Å². The molecule has 2 aromatic rings. The molecule has 0 saturated heterocycles. The van der Waals surface area contributed by atoms with Crippen molar-refractivity contribution in [3.63, 3.8) is 0 Å². The van der Waals surface area contributed by atoms with Gasteiger partial charge in [-0.25, -0.2) is 9.59 Å². The van der Waals surface area contributed by atoms with Gasteiger partial charge in [0.1, 0.15) is 5.75 Å². The van der Waals surface area contributed by atoms with Gasteiger partial charge in [0.2, 0.25) is 0 Å². The summed E-state index contributed by atoms with van der Waals surface area (Å²) in [6.45, 7) is 0. The Balaban J connectivity index is 2.16. The molecule has 8 nitrogen and oxygen atoms in total. The largest absolute Gasteiger partial charge is 0.495 e. The number of carboxylic acid groups (broad SMARTS) is 1. The zero-order valence-corrected chi connectivity index (χ0v) is 10.5. The zero-order chi connectivity index (χ0) is 14.5. The number of aromatic amines is 1. The van der Waals surface area contributed by atoms with Crippen molar-refractivity contribution >= 4 is 23.4 Å². The van der Waals surface area contributed by atoms with Crippen molar-refractivity contribution in [2.75, 3.05) is 17.7 Å². The van der Waals surface area contributed by atoms with E-state index in [-0.39, 0.29) is 11.3 Å². The highest BCUT2D eigenvalue weighted by Gasteiger charge is 2.11. The molecule has 0 spiro atoms. The van der Waals surface area contributed by atoms with Gasteiger partial charge in [0.15, 0.2) is 0 Å². The van der Waals surface area contributed by atoms with Crippen LogP contribution in [0.1, 0.15) is 10.4 Å². The molecule has 4 N–H and O–H groups in total. The summed E-state index contributed by atoms with van der Waals surface area (Å²) in [4.78, 5) is 22.7. The summed E-state index contributed by atoms with van der Waals surface area (Å²) in [5, 5.41) is 20.2. The number of H-pyrrole nitrogens is 1. The highest BCUT2D eigenvalue weighted by Crippen LogP contribution is 2.25. The number of benzene rings is 1. The van der Waals surface area contributed by atoms with E-state index in [9.17, 15) is 9.59 Å². The summed E-state index contributed by atoms with van der Waals surface area (Å²) < 4.78 is 5.06. The van der Waals surface area contributed by atoms with Gasteiger partial charge in [0, 0.05) is 6.20 Å². The number of nitrogens with zero attached hydrogens (tertiary/aromatic N) is 1. The molecule has 0 saturated carbocycles. The Morgan fingerprint density at radius 1 is 1.35 bits per heavy atom. The predicted molar refractivity (Wildman–Crippen MR) is 71.2 cm³/mol. The smallest absolute Gasteiger partial charge is 0.335 e. The number of hydrogen-bond donors (Lipinski definition) is 4. The lowest BCUT2D eigenvalue weighted by atomic mass is 10.2. The molecular formula is C12H12N4O4. The molecule has 0 aliphatic carbocycles. The topological polar surface area (TPSA) is 116 Å². The number of amides is 2. The number of methoxy groups -OCH3 is 1. The Morgan fingerprint density at radius 3 is 2.75 bits per heavy atom. The van der Waals surface area contributed by atoms with Crippen molar-refractivity contribution in [1.29, 1.82) is 0 Å². The van der Waals surface area contributed by atoms with Gasteiger partial charge in [0.25, 0.3) is 0 Å². The van der Waals surface area contributed by atoms with Crippen molar-refractivity contribution < 1.29 is 19.4 Å². The number of carbonyl (C=O) groups excluding carboxylic acids is 1. The van der Waals surface area contributed by atoms with Crippen LogP contribution in [0.15, 0.2) is 30.6 Å². The Labute approximate surface area is 113 Å². The maximum Gasteiger partial charge on any atom is 0.335 e. The number of aromatic nitrogens is 2. The first-order valence-corrected chi connectivity index (χ1v) is 5.58. The van der Waals surface area contributed by atoms with E-state index < -0.39 is 12.0 Å². The molecule has 0 aliphatic heterocycles. The first-order valence-electron chi connectivity index (χ1n) is 5.58. The third-order valence-corrected chi connectivity index (χ3v) is 2.45. The number of hydrogen-bond acceptors (Lipinski definition) is 4. The van der Waals surface area contributed by atoms with Gasteiger partial charge in [-0.2, -0.15) is 5.10 Å². The molecule has 104 valence electrons. The normalized spacial score (nSPS) is 9.85. The van der Waals surface area contributed by atoms with E-state index >= 15 is 0 Å². The van der Waals surface area contributed by atoms with Crippen LogP contribution < -0.4 is 15.4 Å². The van der Waals surface area contributed by atoms with Crippen molar-refractivity contribution in [1.82, 2.24) is 10.2 Å². The van der Waals surface area contributed by atoms with Gasteiger partial charge < -0.3 is 20.5 Å². The molecule has 1 heterocycles. The second-order valence-electron chi connectivity index (χ2n) is 3.79. The maximum absolute atomic E-state index is 11.8. The second-order valence-corrected chi connectivity index (χ2v) is 3.79. The lowest BCUT2D eigenvalue weighted by Gasteiger charge is -2.11. The van der Waals surface area contributed by atoms with Gasteiger partial charge in [-0.15, -0.1) is 0 Å². The number of carboxylic acids is 1. The van der Waals surface area contributed by atoms with Crippen molar-refractivity contribution in [3.8, 4) is 5.75 Å². The van der Waals surface area contributed by atoms with Gasteiger partial charge in [-0.05, 0) is 18.2 Å². The molecule has 0 atom stereocenters. The van der Waals surface area contributed by atoms with Gasteiger partial charge in [-0.1, -0.05) is 0 Å². The standard InChI is InChI=1S/C12H12N4O4/c1-20-10-3-2-7(11(17)18)4-9(10)16-12(19)15-8-5-13-14-6-8/h2-6H,1H3,(H,13,14)(H,17,18)(H2,15,16,19). The van der Waals surface area contributed by atoms with Crippen LogP contribution in [-0.2, 0) is 0 Å². The average molecular weight is 276 g/mol. The number of rotatable bonds is 4. The van der Waals surface area contributed by atoms with Crippen molar-refractivity contribution in [2.45, 2.75) is 0 Å². The molecule has 1 aromatic carbocycles. The molecule has 0 unspecified atom stereocenters. The predicted octanol–water partition coefficient (Wildman–Crippen LogP) is 1.76. The number of carbonyl (C=O) groups is 2. The minimum Gasteiger partial charge on any atom is -0.495 e. The van der Waals surface area contributed by atoms with Gasteiger partial charge in [-0.3, -0.25) is 5.10 Å². The van der Waals surface area contributed by atoms with Gasteiger partial charge >= 0.3 is 12.0 Å². The summed E-state index contributed by atoms with van der Waals surface area (Å²) in [5.41, 5.74) is 0.786. The quantitative estimate of drug-likeness (QED) is 0.679. The molecule has 0 fully saturated rings. The van der Waals surface area contributed by atoms with E-state index in [0.29, 0.717) is 11.4 Å². The Kier molecular flexibility index (Phi) is 3.85. The number of aromatic carboxylic acids is 1. The minimum absolute atomic E-state index is 0.0458. The fourth-order valence-electron chi connectivity index (χ4n) is 1.54. The number of urea groups is 1. The van der Waals surface area contributed by atoms with Crippen LogP contribution in [0.3, 0.4) is 0 Å². The van der Waals surface area contributed by atoms with Crippen LogP contribution >= 0.6 is 0 Å². The van der Waals surface area contributed by atoms with E-state index in [4.69, 9.17) is 9.84 Å². The van der Waals surface area contributed by atoms with Crippen LogP contribution in [-0.4, -0.2) is 34.4 Å². The summed E-state index contributed by atoms with van der Waals surface area (Å²) in [6, 6.07) is 3.64. The zero-order valence-electron chi connectivity index (χ0n) is 10.5. The van der Waals surface area contributed by atoms with Gasteiger partial charge in [0.05, 0.1) is 30.2 Å². The molecule has 0 radical (unpaired) electrons. The van der Waals surface area contributed by atoms with E-state index in [1.54, 1.807) is 0 Å². The Hall–Kier alpha value is -3.03. The Morgan fingerprint density at radius 2 is 2.15 bits per heavy atom. The van der Waals surface area contributed by atoms with Crippen LogP contribution in [0, 0.1) is 0 Å². The van der Waals surface area contributed by atoms with E-state index in [0.717, 1.165) is 0 Å². The fraction of sp³-hybridized carbons (Fsp3) is 0.0833. The molecule has 2 rings (SSSR count). The van der Waals surface area contributed by atoms with Crippen LogP contribution in [0.4, 0.5) is 16.2 Å². The maximum atomic E-state index is 11.8. The number of ether oxygens (including phenoxy) is 1. The van der Waals surface area contributed by atoms with E-state index in [1.165, 1.54) is 37.7 Å². The number of anilines is 2. The van der Waals surface area contributed by atoms with Crippen LogP contribution in [0.25, 0.3) is 0 Å². The monoisotopic (exact) mass is 276 g/mol. The molecular weight excluding hydrogens is 264 g/mol. The first kappa shape index (κ1) is 13.4. The van der Waals surface area contributed by atoms with Crippen molar-refractivity contribution in [3.05, 3.63) is 36.2 Å². The molecule has 8 heteroatoms. The molecule has 0 bridgehead atoms. The first-order chi connectivity index (χ1) is 9.60. The summed E-state index contributed by atoms with van der Waals surface area (Å²) in [7, 11) is 1.43.